The molecule has 5 nitrogen and oxygen atoms in total. The normalized spacial score (nSPS) is 19.4. The third-order valence-corrected chi connectivity index (χ3v) is 5.67. The molecule has 0 bridgehead atoms. The van der Waals surface area contributed by atoms with Crippen molar-refractivity contribution < 1.29 is 4.74 Å². The minimum absolute atomic E-state index is 0. The van der Waals surface area contributed by atoms with Gasteiger partial charge in [0.25, 0.3) is 0 Å². The zero-order valence-corrected chi connectivity index (χ0v) is 19.6. The highest BCUT2D eigenvalue weighted by molar-refractivity contribution is 14.0. The van der Waals surface area contributed by atoms with E-state index in [1.807, 2.05) is 7.05 Å². The second-order valence-corrected chi connectivity index (χ2v) is 7.81. The molecule has 2 aliphatic rings. The molecular formula is C22H37IN4O. The summed E-state index contributed by atoms with van der Waals surface area (Å²) < 4.78 is 5.92. The molecule has 1 heterocycles. The van der Waals surface area contributed by atoms with Crippen LogP contribution in [0.5, 0.6) is 0 Å². The topological polar surface area (TPSA) is 48.9 Å². The van der Waals surface area contributed by atoms with Crippen molar-refractivity contribution in [3.8, 4) is 0 Å². The summed E-state index contributed by atoms with van der Waals surface area (Å²) in [5.41, 5.74) is 1.40. The number of nitrogens with one attached hydrogen (secondary N) is 2. The van der Waals surface area contributed by atoms with Gasteiger partial charge in [0.05, 0.1) is 6.10 Å². The van der Waals surface area contributed by atoms with Crippen molar-refractivity contribution in [3.63, 3.8) is 0 Å². The number of hydrogen-bond donors (Lipinski definition) is 2. The van der Waals surface area contributed by atoms with Crippen LogP contribution in [0.25, 0.3) is 0 Å². The number of guanidine groups is 1. The fourth-order valence-corrected chi connectivity index (χ4v) is 4.05. The first-order valence-electron chi connectivity index (χ1n) is 10.7. The van der Waals surface area contributed by atoms with E-state index < -0.39 is 0 Å². The van der Waals surface area contributed by atoms with Gasteiger partial charge in [0, 0.05) is 45.9 Å². The van der Waals surface area contributed by atoms with E-state index in [9.17, 15) is 0 Å². The van der Waals surface area contributed by atoms with Crippen LogP contribution < -0.4 is 10.6 Å². The van der Waals surface area contributed by atoms with Gasteiger partial charge in [0.1, 0.15) is 0 Å². The maximum atomic E-state index is 5.92. The molecule has 2 fully saturated rings. The van der Waals surface area contributed by atoms with E-state index in [-0.39, 0.29) is 24.0 Å². The summed E-state index contributed by atoms with van der Waals surface area (Å²) in [6.07, 6.45) is 9.05. The molecule has 0 spiro atoms. The van der Waals surface area contributed by atoms with Crippen molar-refractivity contribution in [3.05, 3.63) is 35.9 Å². The number of rotatable bonds is 8. The highest BCUT2D eigenvalue weighted by Crippen LogP contribution is 2.20. The molecule has 0 atom stereocenters. The Morgan fingerprint density at radius 1 is 1.11 bits per heavy atom. The first-order chi connectivity index (χ1) is 13.3. The van der Waals surface area contributed by atoms with Crippen molar-refractivity contribution in [2.75, 3.05) is 33.3 Å². The van der Waals surface area contributed by atoms with Crippen molar-refractivity contribution in [1.82, 2.24) is 15.5 Å². The van der Waals surface area contributed by atoms with E-state index in [0.717, 1.165) is 45.2 Å². The summed E-state index contributed by atoms with van der Waals surface area (Å²) in [6, 6.07) is 11.3. The van der Waals surface area contributed by atoms with Gasteiger partial charge in [-0.05, 0) is 37.7 Å². The molecule has 0 aromatic heterocycles. The van der Waals surface area contributed by atoms with Crippen molar-refractivity contribution >= 4 is 29.9 Å². The van der Waals surface area contributed by atoms with Gasteiger partial charge < -0.3 is 15.4 Å². The predicted octanol–water partition coefficient (Wildman–Crippen LogP) is 3.78. The fraction of sp³-hybridized carbons (Fsp3) is 0.682. The Kier molecular flexibility index (Phi) is 11.2. The molecular weight excluding hydrogens is 463 g/mol. The molecule has 0 unspecified atom stereocenters. The maximum Gasteiger partial charge on any atom is 0.191 e. The molecule has 1 aromatic rings. The second kappa shape index (κ2) is 13.4. The van der Waals surface area contributed by atoms with Crippen LogP contribution in [0.4, 0.5) is 0 Å². The van der Waals surface area contributed by atoms with Crippen LogP contribution in [0.15, 0.2) is 35.3 Å². The van der Waals surface area contributed by atoms with Crippen molar-refractivity contribution in [1.29, 1.82) is 0 Å². The molecule has 1 aromatic carbocycles. The SMILES string of the molecule is CN=C(NCCCOC1CCCC1)NC1CCN(Cc2ccccc2)CC1.I. The second-order valence-electron chi connectivity index (χ2n) is 7.81. The number of piperidine rings is 1. The Labute approximate surface area is 187 Å². The first kappa shape index (κ1) is 23.4. The van der Waals surface area contributed by atoms with Crippen LogP contribution in [0.1, 0.15) is 50.5 Å². The van der Waals surface area contributed by atoms with Crippen LogP contribution >= 0.6 is 24.0 Å². The zero-order chi connectivity index (χ0) is 18.7. The van der Waals surface area contributed by atoms with Crippen molar-refractivity contribution in [2.45, 2.75) is 63.6 Å². The van der Waals surface area contributed by atoms with Crippen molar-refractivity contribution in [2.24, 2.45) is 4.99 Å². The number of aliphatic imine (C=N–C) groups is 1. The lowest BCUT2D eigenvalue weighted by Gasteiger charge is -2.33. The van der Waals surface area contributed by atoms with E-state index in [4.69, 9.17) is 4.74 Å². The third kappa shape index (κ3) is 8.25. The minimum atomic E-state index is 0. The van der Waals surface area contributed by atoms with Gasteiger partial charge in [-0.1, -0.05) is 43.2 Å². The van der Waals surface area contributed by atoms with Crippen LogP contribution in [0.2, 0.25) is 0 Å². The molecule has 0 radical (unpaired) electrons. The van der Waals surface area contributed by atoms with E-state index in [1.165, 1.54) is 44.1 Å². The molecule has 1 aliphatic heterocycles. The van der Waals surface area contributed by atoms with Gasteiger partial charge in [-0.25, -0.2) is 0 Å². The highest BCUT2D eigenvalue weighted by Gasteiger charge is 2.20. The monoisotopic (exact) mass is 500 g/mol. The first-order valence-corrected chi connectivity index (χ1v) is 10.7. The summed E-state index contributed by atoms with van der Waals surface area (Å²) >= 11 is 0. The Bertz CT molecular complexity index is 555. The molecule has 6 heteroatoms. The largest absolute Gasteiger partial charge is 0.378 e. The molecule has 158 valence electrons. The number of benzene rings is 1. The van der Waals surface area contributed by atoms with Gasteiger partial charge in [-0.2, -0.15) is 0 Å². The molecule has 1 aliphatic carbocycles. The summed E-state index contributed by atoms with van der Waals surface area (Å²) in [5.74, 6) is 0.928. The minimum Gasteiger partial charge on any atom is -0.378 e. The Morgan fingerprint density at radius 3 is 2.50 bits per heavy atom. The lowest BCUT2D eigenvalue weighted by molar-refractivity contribution is 0.0574. The molecule has 1 saturated carbocycles. The lowest BCUT2D eigenvalue weighted by atomic mass is 10.0. The Hall–Kier alpha value is -0.860. The van der Waals surface area contributed by atoms with E-state index in [2.05, 4.69) is 50.9 Å². The van der Waals surface area contributed by atoms with Crippen LogP contribution in [0, 0.1) is 0 Å². The number of likely N-dealkylation sites (tertiary alicyclic amines) is 1. The standard InChI is InChI=1S/C22H36N4O.HI/c1-23-22(24-14-7-17-27-21-10-5-6-11-21)25-20-12-15-26(16-13-20)18-19-8-3-2-4-9-19;/h2-4,8-9,20-21H,5-7,10-18H2,1H3,(H2,23,24,25);1H. The molecule has 28 heavy (non-hydrogen) atoms. The summed E-state index contributed by atoms with van der Waals surface area (Å²) in [7, 11) is 1.86. The average molecular weight is 500 g/mol. The third-order valence-electron chi connectivity index (χ3n) is 5.67. The van der Waals surface area contributed by atoms with Gasteiger partial charge >= 0.3 is 0 Å². The summed E-state index contributed by atoms with van der Waals surface area (Å²) in [6.45, 7) is 5.10. The average Bonchev–Trinajstić information content (AvgIpc) is 3.22. The van der Waals surface area contributed by atoms with Crippen LogP contribution in [-0.4, -0.2) is 56.3 Å². The Balaban J connectivity index is 0.00000280. The van der Waals surface area contributed by atoms with Gasteiger partial charge in [-0.3, -0.25) is 9.89 Å². The number of nitrogens with zero attached hydrogens (tertiary/aromatic N) is 2. The van der Waals surface area contributed by atoms with Gasteiger partial charge in [0.2, 0.25) is 0 Å². The Morgan fingerprint density at radius 2 is 1.82 bits per heavy atom. The highest BCUT2D eigenvalue weighted by atomic mass is 127. The summed E-state index contributed by atoms with van der Waals surface area (Å²) in [4.78, 5) is 6.93. The number of halogens is 1. The van der Waals surface area contributed by atoms with Crippen LogP contribution in [0.3, 0.4) is 0 Å². The van der Waals surface area contributed by atoms with Gasteiger partial charge in [0.15, 0.2) is 5.96 Å². The molecule has 0 amide bonds. The van der Waals surface area contributed by atoms with E-state index >= 15 is 0 Å². The van der Waals surface area contributed by atoms with Crippen LogP contribution in [-0.2, 0) is 11.3 Å². The number of hydrogen-bond acceptors (Lipinski definition) is 3. The van der Waals surface area contributed by atoms with Gasteiger partial charge in [-0.15, -0.1) is 24.0 Å². The summed E-state index contributed by atoms with van der Waals surface area (Å²) in [5, 5.41) is 7.03. The molecule has 1 saturated heterocycles. The molecule has 2 N–H and O–H groups in total. The van der Waals surface area contributed by atoms with E-state index in [0.29, 0.717) is 12.1 Å². The smallest absolute Gasteiger partial charge is 0.191 e. The molecule has 3 rings (SSSR count). The fourth-order valence-electron chi connectivity index (χ4n) is 4.05. The lowest BCUT2D eigenvalue weighted by Crippen LogP contribution is -2.48. The van der Waals surface area contributed by atoms with E-state index in [1.54, 1.807) is 0 Å². The predicted molar refractivity (Wildman–Crippen MR) is 127 cm³/mol. The quantitative estimate of drug-likeness (QED) is 0.247. The maximum absolute atomic E-state index is 5.92. The zero-order valence-electron chi connectivity index (χ0n) is 17.2. The number of ether oxygens (including phenoxy) is 1.